The van der Waals surface area contributed by atoms with Crippen LogP contribution in [0, 0.1) is 53.7 Å². The summed E-state index contributed by atoms with van der Waals surface area (Å²) < 4.78 is 0. The van der Waals surface area contributed by atoms with E-state index in [4.69, 9.17) is 19.7 Å². The standard InChI is InChI=1S/C19HN11/c1-23-9-4-8-13(26-10(9)5-20)15-17(28-12(7-22)11(6-21)27-15)16-14(8)29-18(24-2)19(25-3)30-16/h4H. The van der Waals surface area contributed by atoms with Crippen molar-refractivity contribution in [1.29, 1.82) is 15.8 Å². The lowest BCUT2D eigenvalue weighted by Crippen LogP contribution is -2.00. The van der Waals surface area contributed by atoms with E-state index in [2.05, 4.69) is 39.5 Å². The predicted molar refractivity (Wildman–Crippen MR) is 101 cm³/mol. The molecule has 4 aromatic rings. The van der Waals surface area contributed by atoms with Crippen LogP contribution in [-0.4, -0.2) is 24.9 Å². The van der Waals surface area contributed by atoms with E-state index in [9.17, 15) is 15.8 Å². The predicted octanol–water partition coefficient (Wildman–Crippen LogP) is 3.39. The van der Waals surface area contributed by atoms with Crippen molar-refractivity contribution in [3.8, 4) is 18.2 Å². The number of nitrogens with zero attached hydrogens (tertiary/aromatic N) is 11. The fraction of sp³-hybridized carbons (Fsp3) is 0. The van der Waals surface area contributed by atoms with Gasteiger partial charge in [-0.1, -0.05) is 13.1 Å². The topological polar surface area (TPSA) is 149 Å². The third-order valence-electron chi connectivity index (χ3n) is 4.11. The Balaban J connectivity index is 2.42. The van der Waals surface area contributed by atoms with Crippen molar-refractivity contribution in [2.75, 3.05) is 0 Å². The Morgan fingerprint density at radius 1 is 0.600 bits per heavy atom. The Morgan fingerprint density at radius 3 is 1.53 bits per heavy atom. The molecule has 3 heterocycles. The summed E-state index contributed by atoms with van der Waals surface area (Å²) in [5, 5.41) is 28.2. The second-order valence-electron chi connectivity index (χ2n) is 5.61. The van der Waals surface area contributed by atoms with Crippen molar-refractivity contribution in [3.63, 3.8) is 0 Å². The van der Waals surface area contributed by atoms with E-state index >= 15 is 0 Å². The summed E-state index contributed by atoms with van der Waals surface area (Å²) in [5.41, 5.74) is -0.355. The Kier molecular flexibility index (Phi) is 3.79. The fourth-order valence-corrected chi connectivity index (χ4v) is 2.87. The quantitative estimate of drug-likeness (QED) is 0.331. The summed E-state index contributed by atoms with van der Waals surface area (Å²) in [5.74, 6) is -0.524. The van der Waals surface area contributed by atoms with Crippen LogP contribution in [0.1, 0.15) is 17.1 Å². The summed E-state index contributed by atoms with van der Waals surface area (Å²) in [6, 6.07) is 6.75. The van der Waals surface area contributed by atoms with E-state index in [1.165, 1.54) is 6.07 Å². The molecule has 1 aromatic carbocycles. The molecule has 132 valence electrons. The maximum absolute atomic E-state index is 9.34. The second-order valence-corrected chi connectivity index (χ2v) is 5.61. The van der Waals surface area contributed by atoms with E-state index in [1.807, 2.05) is 6.07 Å². The van der Waals surface area contributed by atoms with Crippen LogP contribution >= 0.6 is 0 Å². The Labute approximate surface area is 167 Å². The van der Waals surface area contributed by atoms with Gasteiger partial charge in [-0.15, -0.1) is 9.97 Å². The molecule has 0 aliphatic heterocycles. The lowest BCUT2D eigenvalue weighted by Gasteiger charge is -2.07. The van der Waals surface area contributed by atoms with Gasteiger partial charge in [0.1, 0.15) is 40.5 Å². The molecule has 3 aromatic heterocycles. The molecule has 11 nitrogen and oxygen atoms in total. The zero-order valence-corrected chi connectivity index (χ0v) is 14.5. The van der Waals surface area contributed by atoms with Crippen LogP contribution in [0.25, 0.3) is 47.5 Å². The molecule has 0 unspecified atom stereocenters. The van der Waals surface area contributed by atoms with Crippen molar-refractivity contribution in [2.45, 2.75) is 0 Å². The van der Waals surface area contributed by atoms with Gasteiger partial charge in [-0.25, -0.2) is 19.8 Å². The third kappa shape index (κ3) is 2.29. The van der Waals surface area contributed by atoms with E-state index in [0.717, 1.165) is 0 Å². The molecule has 0 atom stereocenters. The monoisotopic (exact) mass is 383 g/mol. The van der Waals surface area contributed by atoms with Crippen molar-refractivity contribution in [3.05, 3.63) is 57.4 Å². The van der Waals surface area contributed by atoms with Crippen LogP contribution in [0.15, 0.2) is 6.07 Å². The molecule has 0 aliphatic carbocycles. The maximum atomic E-state index is 9.34. The maximum Gasteiger partial charge on any atom is 0.294 e. The Bertz CT molecular complexity index is 1350. The average molecular weight is 383 g/mol. The van der Waals surface area contributed by atoms with E-state index in [1.54, 1.807) is 12.1 Å². The first-order chi connectivity index (χ1) is 14.6. The lowest BCUT2D eigenvalue weighted by atomic mass is 10.1. The van der Waals surface area contributed by atoms with Gasteiger partial charge in [0.05, 0.1) is 6.57 Å². The minimum absolute atomic E-state index is 0.0360. The highest BCUT2D eigenvalue weighted by molar-refractivity contribution is 6.20. The van der Waals surface area contributed by atoms with E-state index in [0.29, 0.717) is 0 Å². The van der Waals surface area contributed by atoms with Gasteiger partial charge in [-0.3, -0.25) is 0 Å². The van der Waals surface area contributed by atoms with E-state index < -0.39 is 0 Å². The lowest BCUT2D eigenvalue weighted by molar-refractivity contribution is 1.19. The highest BCUT2D eigenvalue weighted by atomic mass is 15.0. The van der Waals surface area contributed by atoms with Gasteiger partial charge in [0.15, 0.2) is 11.4 Å². The highest BCUT2D eigenvalue weighted by Gasteiger charge is 2.25. The van der Waals surface area contributed by atoms with Gasteiger partial charge < -0.3 is 9.69 Å². The normalized spacial score (nSPS) is 9.80. The number of nitriles is 3. The number of hydrogen-bond acceptors (Lipinski definition) is 8. The molecule has 11 heteroatoms. The third-order valence-corrected chi connectivity index (χ3v) is 4.11. The zero-order valence-electron chi connectivity index (χ0n) is 14.5. The average Bonchev–Trinajstić information content (AvgIpc) is 2.81. The SMILES string of the molecule is [C-]#[N+]c1cc2c(nc1C#N)c1nc(C#N)c(C#N)nc1c1nc([N+]#[C-])c([N+]#[C-])nc21. The summed E-state index contributed by atoms with van der Waals surface area (Å²) in [4.78, 5) is 30.6. The molecule has 0 fully saturated rings. The summed E-state index contributed by atoms with van der Waals surface area (Å²) >= 11 is 0. The molecular formula is C19HN11. The van der Waals surface area contributed by atoms with Crippen molar-refractivity contribution >= 4 is 50.3 Å². The molecule has 0 amide bonds. The van der Waals surface area contributed by atoms with Crippen molar-refractivity contribution in [1.82, 2.24) is 24.9 Å². The van der Waals surface area contributed by atoms with Crippen LogP contribution in [0.5, 0.6) is 0 Å². The van der Waals surface area contributed by atoms with Gasteiger partial charge in [-0.05, 0) is 6.07 Å². The first-order valence-electron chi connectivity index (χ1n) is 7.83. The van der Waals surface area contributed by atoms with Gasteiger partial charge in [0.2, 0.25) is 16.7 Å². The van der Waals surface area contributed by atoms with Crippen LogP contribution in [0.3, 0.4) is 0 Å². The summed E-state index contributed by atoms with van der Waals surface area (Å²) in [6.45, 7) is 21.8. The molecule has 0 saturated carbocycles. The largest absolute Gasteiger partial charge is 0.370 e. The first-order valence-corrected chi connectivity index (χ1v) is 7.83. The highest BCUT2D eigenvalue weighted by Crippen LogP contribution is 2.37. The van der Waals surface area contributed by atoms with Gasteiger partial charge in [-0.2, -0.15) is 15.8 Å². The Hall–Kier alpha value is -5.75. The fourth-order valence-electron chi connectivity index (χ4n) is 2.87. The Morgan fingerprint density at radius 2 is 1.03 bits per heavy atom. The van der Waals surface area contributed by atoms with Crippen LogP contribution in [0.2, 0.25) is 0 Å². The molecular weight excluding hydrogens is 382 g/mol. The van der Waals surface area contributed by atoms with E-state index in [-0.39, 0.29) is 67.4 Å². The van der Waals surface area contributed by atoms with Crippen molar-refractivity contribution < 1.29 is 0 Å². The van der Waals surface area contributed by atoms with Gasteiger partial charge in [0, 0.05) is 5.39 Å². The zero-order chi connectivity index (χ0) is 21.4. The van der Waals surface area contributed by atoms with Crippen molar-refractivity contribution in [2.24, 2.45) is 0 Å². The molecule has 30 heavy (non-hydrogen) atoms. The number of benzene rings is 1. The smallest absolute Gasteiger partial charge is 0.294 e. The molecule has 0 saturated heterocycles. The minimum atomic E-state index is -0.269. The number of pyridine rings is 1. The summed E-state index contributed by atoms with van der Waals surface area (Å²) in [6.07, 6.45) is 0. The summed E-state index contributed by atoms with van der Waals surface area (Å²) in [7, 11) is 0. The molecule has 0 bridgehead atoms. The van der Waals surface area contributed by atoms with Crippen LogP contribution < -0.4 is 0 Å². The molecule has 0 spiro atoms. The first kappa shape index (κ1) is 17.7. The number of rotatable bonds is 0. The molecule has 0 N–H and O–H groups in total. The van der Waals surface area contributed by atoms with Gasteiger partial charge in [0.25, 0.3) is 11.6 Å². The second kappa shape index (κ2) is 6.45. The molecule has 0 aliphatic rings. The van der Waals surface area contributed by atoms with Crippen LogP contribution in [-0.2, 0) is 0 Å². The number of aromatic nitrogens is 5. The number of fused-ring (bicyclic) bond motifs is 6. The van der Waals surface area contributed by atoms with Gasteiger partial charge >= 0.3 is 0 Å². The molecule has 4 rings (SSSR count). The minimum Gasteiger partial charge on any atom is -0.370 e. The number of hydrogen-bond donors (Lipinski definition) is 0. The molecule has 0 radical (unpaired) electrons. The van der Waals surface area contributed by atoms with Crippen LogP contribution in [0.4, 0.5) is 17.3 Å².